The van der Waals surface area contributed by atoms with Crippen LogP contribution in [0.1, 0.15) is 59.1 Å². The molecule has 8 heteroatoms. The van der Waals surface area contributed by atoms with Gasteiger partial charge in [-0.15, -0.1) is 0 Å². The number of nitrogens with zero attached hydrogens (tertiary/aromatic N) is 2. The van der Waals surface area contributed by atoms with Gasteiger partial charge in [0.2, 0.25) is 0 Å². The smallest absolute Gasteiger partial charge is 0.291 e. The summed E-state index contributed by atoms with van der Waals surface area (Å²) in [7, 11) is 1.51. The van der Waals surface area contributed by atoms with Crippen molar-refractivity contribution < 1.29 is 18.7 Å². The minimum Gasteiger partial charge on any atom is -0.486 e. The topological polar surface area (TPSA) is 98.4 Å². The van der Waals surface area contributed by atoms with Crippen LogP contribution < -0.4 is 15.4 Å². The predicted octanol–water partition coefficient (Wildman–Crippen LogP) is 3.81. The summed E-state index contributed by atoms with van der Waals surface area (Å²) in [4.78, 5) is 24.5. The Morgan fingerprint density at radius 2 is 1.87 bits per heavy atom. The molecule has 1 aromatic carbocycles. The Labute approximate surface area is 175 Å². The van der Waals surface area contributed by atoms with Crippen molar-refractivity contribution in [2.75, 3.05) is 12.4 Å². The lowest BCUT2D eigenvalue weighted by atomic mass is 10.0. The summed E-state index contributed by atoms with van der Waals surface area (Å²) in [5.41, 5.74) is 1.70. The fourth-order valence-electron chi connectivity index (χ4n) is 2.83. The van der Waals surface area contributed by atoms with E-state index in [0.29, 0.717) is 23.9 Å². The van der Waals surface area contributed by atoms with Gasteiger partial charge in [-0.25, -0.2) is 0 Å². The van der Waals surface area contributed by atoms with Crippen LogP contribution >= 0.6 is 0 Å². The van der Waals surface area contributed by atoms with Crippen molar-refractivity contribution in [1.29, 1.82) is 0 Å². The lowest BCUT2D eigenvalue weighted by molar-refractivity contribution is 0.0958. The zero-order valence-electron chi connectivity index (χ0n) is 17.6. The van der Waals surface area contributed by atoms with Gasteiger partial charge in [0.1, 0.15) is 18.1 Å². The Morgan fingerprint density at radius 3 is 2.50 bits per heavy atom. The van der Waals surface area contributed by atoms with Crippen molar-refractivity contribution in [3.8, 4) is 5.75 Å². The zero-order chi connectivity index (χ0) is 21.7. The maximum absolute atomic E-state index is 12.5. The molecular weight excluding hydrogens is 384 g/mol. The number of hydrogen-bond donors (Lipinski definition) is 2. The molecule has 0 spiro atoms. The Morgan fingerprint density at radius 1 is 1.13 bits per heavy atom. The number of carbonyl (C=O) groups is 2. The summed E-state index contributed by atoms with van der Waals surface area (Å²) in [6.45, 7) is 6.93. The Hall–Kier alpha value is -3.55. The molecule has 2 aromatic heterocycles. The van der Waals surface area contributed by atoms with Crippen LogP contribution in [0.4, 0.5) is 5.69 Å². The quantitative estimate of drug-likeness (QED) is 0.588. The number of aromatic nitrogens is 2. The third kappa shape index (κ3) is 4.89. The number of carbonyl (C=O) groups excluding carboxylic acids is 2. The number of ether oxygens (including phenoxy) is 1. The Balaban J connectivity index is 1.64. The van der Waals surface area contributed by atoms with E-state index in [2.05, 4.69) is 29.6 Å². The van der Waals surface area contributed by atoms with Crippen LogP contribution in [-0.4, -0.2) is 28.6 Å². The van der Waals surface area contributed by atoms with Crippen molar-refractivity contribution in [3.63, 3.8) is 0 Å². The largest absolute Gasteiger partial charge is 0.486 e. The third-order valence-corrected chi connectivity index (χ3v) is 4.59. The van der Waals surface area contributed by atoms with E-state index in [1.54, 1.807) is 23.0 Å². The van der Waals surface area contributed by atoms with E-state index in [0.717, 1.165) is 5.75 Å². The summed E-state index contributed by atoms with van der Waals surface area (Å²) in [6, 6.07) is 11.1. The second-order valence-electron chi connectivity index (χ2n) is 7.06. The molecule has 8 nitrogen and oxygen atoms in total. The highest BCUT2D eigenvalue weighted by Gasteiger charge is 2.19. The second kappa shape index (κ2) is 9.30. The molecule has 0 atom stereocenters. The highest BCUT2D eigenvalue weighted by Crippen LogP contribution is 2.21. The molecule has 2 N–H and O–H groups in total. The third-order valence-electron chi connectivity index (χ3n) is 4.59. The number of anilines is 1. The van der Waals surface area contributed by atoms with Crippen LogP contribution in [0.15, 0.2) is 47.0 Å². The van der Waals surface area contributed by atoms with Crippen molar-refractivity contribution in [2.24, 2.45) is 0 Å². The minimum atomic E-state index is -0.469. The van der Waals surface area contributed by atoms with Gasteiger partial charge in [0.05, 0.1) is 5.69 Å². The first kappa shape index (κ1) is 21.2. The average Bonchev–Trinajstić information content (AvgIpc) is 3.39. The maximum Gasteiger partial charge on any atom is 0.291 e. The molecule has 0 aliphatic heterocycles. The van der Waals surface area contributed by atoms with E-state index < -0.39 is 5.91 Å². The summed E-state index contributed by atoms with van der Waals surface area (Å²) in [6.07, 6.45) is 1.61. The van der Waals surface area contributed by atoms with Crippen LogP contribution in [-0.2, 0) is 13.2 Å². The van der Waals surface area contributed by atoms with Gasteiger partial charge < -0.3 is 19.8 Å². The fourth-order valence-corrected chi connectivity index (χ4v) is 2.83. The molecule has 0 saturated heterocycles. The Bertz CT molecular complexity index is 1020. The number of hydrogen-bond acceptors (Lipinski definition) is 5. The molecule has 0 aliphatic rings. The van der Waals surface area contributed by atoms with Crippen LogP contribution in [0.25, 0.3) is 0 Å². The number of benzene rings is 1. The van der Waals surface area contributed by atoms with Gasteiger partial charge in [-0.2, -0.15) is 5.10 Å². The van der Waals surface area contributed by atoms with Crippen LogP contribution in [0.5, 0.6) is 5.75 Å². The van der Waals surface area contributed by atoms with E-state index in [-0.39, 0.29) is 24.0 Å². The molecular formula is C22H26N4O4. The molecule has 0 aliphatic carbocycles. The lowest BCUT2D eigenvalue weighted by Crippen LogP contribution is -2.21. The normalized spacial score (nSPS) is 10.8. The molecule has 2 heterocycles. The van der Waals surface area contributed by atoms with Gasteiger partial charge in [-0.1, -0.05) is 26.0 Å². The summed E-state index contributed by atoms with van der Waals surface area (Å²) in [5.74, 6) is 0.972. The molecule has 0 fully saturated rings. The summed E-state index contributed by atoms with van der Waals surface area (Å²) < 4.78 is 12.9. The Kier molecular flexibility index (Phi) is 6.56. The predicted molar refractivity (Wildman–Crippen MR) is 113 cm³/mol. The maximum atomic E-state index is 12.5. The van der Waals surface area contributed by atoms with Crippen LogP contribution in [0, 0.1) is 0 Å². The number of aryl methyl sites for hydroxylation is 1. The molecule has 0 saturated carbocycles. The zero-order valence-corrected chi connectivity index (χ0v) is 17.6. The first-order chi connectivity index (χ1) is 14.4. The van der Waals surface area contributed by atoms with Crippen LogP contribution in [0.3, 0.4) is 0 Å². The minimum absolute atomic E-state index is 0.121. The average molecular weight is 410 g/mol. The van der Waals surface area contributed by atoms with Gasteiger partial charge >= 0.3 is 0 Å². The van der Waals surface area contributed by atoms with Gasteiger partial charge in [0.15, 0.2) is 11.5 Å². The van der Waals surface area contributed by atoms with Gasteiger partial charge in [-0.05, 0) is 42.7 Å². The first-order valence-corrected chi connectivity index (χ1v) is 9.83. The SMILES string of the molecule is CCn1cc(NC(=O)c2ccc(COc3ccc(C(C)C)cc3)o2)c(C(=O)NC)n1. The molecule has 0 bridgehead atoms. The fraction of sp³-hybridized carbons (Fsp3) is 0.318. The number of amides is 2. The van der Waals surface area contributed by atoms with E-state index in [1.807, 2.05) is 31.2 Å². The molecule has 30 heavy (non-hydrogen) atoms. The summed E-state index contributed by atoms with van der Waals surface area (Å²) in [5, 5.41) is 9.37. The van der Waals surface area contributed by atoms with Crippen molar-refractivity contribution in [2.45, 2.75) is 39.8 Å². The molecule has 2 amide bonds. The number of rotatable bonds is 8. The highest BCUT2D eigenvalue weighted by molar-refractivity contribution is 6.06. The van der Waals surface area contributed by atoms with Crippen molar-refractivity contribution >= 4 is 17.5 Å². The van der Waals surface area contributed by atoms with E-state index in [9.17, 15) is 9.59 Å². The summed E-state index contributed by atoms with van der Waals surface area (Å²) >= 11 is 0. The second-order valence-corrected chi connectivity index (χ2v) is 7.06. The molecule has 158 valence electrons. The van der Waals surface area contributed by atoms with E-state index in [4.69, 9.17) is 9.15 Å². The lowest BCUT2D eigenvalue weighted by Gasteiger charge is -2.08. The number of furan rings is 1. The number of nitrogens with one attached hydrogen (secondary N) is 2. The van der Waals surface area contributed by atoms with Gasteiger partial charge in [-0.3, -0.25) is 14.3 Å². The van der Waals surface area contributed by atoms with E-state index in [1.165, 1.54) is 12.6 Å². The van der Waals surface area contributed by atoms with Crippen LogP contribution in [0.2, 0.25) is 0 Å². The van der Waals surface area contributed by atoms with E-state index >= 15 is 0 Å². The standard InChI is InChI=1S/C22H26N4O4/c1-5-26-12-18(20(25-26)22(28)23-4)24-21(27)19-11-10-17(30-19)13-29-16-8-6-15(7-9-16)14(2)3/h6-12,14H,5,13H2,1-4H3,(H,23,28)(H,24,27). The first-order valence-electron chi connectivity index (χ1n) is 9.83. The molecule has 3 aromatic rings. The van der Waals surface area contributed by atoms with Crippen molar-refractivity contribution in [3.05, 3.63) is 65.4 Å². The van der Waals surface area contributed by atoms with Gasteiger partial charge in [0.25, 0.3) is 11.8 Å². The van der Waals surface area contributed by atoms with Crippen molar-refractivity contribution in [1.82, 2.24) is 15.1 Å². The molecule has 0 unspecified atom stereocenters. The molecule has 3 rings (SSSR count). The van der Waals surface area contributed by atoms with Gasteiger partial charge in [0, 0.05) is 19.8 Å². The molecule has 0 radical (unpaired) electrons. The monoisotopic (exact) mass is 410 g/mol. The highest BCUT2D eigenvalue weighted by atomic mass is 16.5.